The first-order chi connectivity index (χ1) is 8.70. The quantitative estimate of drug-likeness (QED) is 0.816. The normalized spacial score (nSPS) is 10.2. The molecule has 94 valence electrons. The molecule has 0 fully saturated rings. The number of benzene rings is 1. The summed E-state index contributed by atoms with van der Waals surface area (Å²) in [7, 11) is 1.89. The maximum atomic E-state index is 5.69. The summed E-state index contributed by atoms with van der Waals surface area (Å²) < 4.78 is 7.47. The van der Waals surface area contributed by atoms with Gasteiger partial charge in [0, 0.05) is 28.8 Å². The van der Waals surface area contributed by atoms with E-state index in [0.717, 1.165) is 20.3 Å². The maximum Gasteiger partial charge on any atom is 0.214 e. The fourth-order valence-corrected chi connectivity index (χ4v) is 2.36. The zero-order valence-corrected chi connectivity index (χ0v) is 13.0. The number of anilines is 1. The van der Waals surface area contributed by atoms with Gasteiger partial charge in [-0.15, -0.1) is 0 Å². The number of rotatable bonds is 4. The third-order valence-corrected chi connectivity index (χ3v) is 3.63. The van der Waals surface area contributed by atoms with Crippen LogP contribution in [0.3, 0.4) is 0 Å². The molecule has 1 aromatic carbocycles. The smallest absolute Gasteiger partial charge is 0.214 e. The number of hydrogen-bond acceptors (Lipinski definition) is 3. The molecule has 18 heavy (non-hydrogen) atoms. The predicted octanol–water partition coefficient (Wildman–Crippen LogP) is 4.23. The summed E-state index contributed by atoms with van der Waals surface area (Å²) in [5.74, 6) is 0.599. The largest absolute Gasteiger partial charge is 0.473 e. The van der Waals surface area contributed by atoms with Crippen molar-refractivity contribution in [2.45, 2.75) is 6.61 Å². The van der Waals surface area contributed by atoms with Crippen molar-refractivity contribution in [1.82, 2.24) is 4.98 Å². The van der Waals surface area contributed by atoms with Crippen molar-refractivity contribution < 1.29 is 4.74 Å². The first kappa shape index (κ1) is 13.4. The van der Waals surface area contributed by atoms with Gasteiger partial charge in [0.25, 0.3) is 0 Å². The first-order valence-corrected chi connectivity index (χ1v) is 7.00. The number of pyridine rings is 1. The molecular weight excluding hydrogens is 360 g/mol. The van der Waals surface area contributed by atoms with Crippen LogP contribution >= 0.6 is 31.9 Å². The van der Waals surface area contributed by atoms with E-state index < -0.39 is 0 Å². The van der Waals surface area contributed by atoms with E-state index in [-0.39, 0.29) is 0 Å². The van der Waals surface area contributed by atoms with Crippen LogP contribution in [-0.4, -0.2) is 12.0 Å². The van der Waals surface area contributed by atoms with Gasteiger partial charge in [0.15, 0.2) is 0 Å². The highest BCUT2D eigenvalue weighted by molar-refractivity contribution is 9.10. The average molecular weight is 372 g/mol. The van der Waals surface area contributed by atoms with Crippen LogP contribution in [-0.2, 0) is 6.61 Å². The number of nitrogens with one attached hydrogen (secondary N) is 1. The minimum atomic E-state index is 0.459. The van der Waals surface area contributed by atoms with Crippen LogP contribution in [0.2, 0.25) is 0 Å². The second-order valence-corrected chi connectivity index (χ2v) is 5.27. The Morgan fingerprint density at radius 1 is 1.17 bits per heavy atom. The Bertz CT molecular complexity index is 546. The Morgan fingerprint density at radius 2 is 1.94 bits per heavy atom. The lowest BCUT2D eigenvalue weighted by molar-refractivity contribution is 0.293. The highest BCUT2D eigenvalue weighted by Crippen LogP contribution is 2.26. The van der Waals surface area contributed by atoms with E-state index in [1.165, 1.54) is 0 Å². The predicted molar refractivity (Wildman–Crippen MR) is 80.0 cm³/mol. The topological polar surface area (TPSA) is 34.1 Å². The summed E-state index contributed by atoms with van der Waals surface area (Å²) >= 11 is 6.84. The van der Waals surface area contributed by atoms with Crippen LogP contribution in [0.5, 0.6) is 5.88 Å². The second-order valence-electron chi connectivity index (χ2n) is 3.60. The van der Waals surface area contributed by atoms with Gasteiger partial charge >= 0.3 is 0 Å². The second kappa shape index (κ2) is 6.20. The zero-order chi connectivity index (χ0) is 13.0. The number of aromatic nitrogens is 1. The van der Waals surface area contributed by atoms with Crippen LogP contribution in [0.1, 0.15) is 5.56 Å². The van der Waals surface area contributed by atoms with E-state index in [2.05, 4.69) is 42.2 Å². The molecule has 0 radical (unpaired) electrons. The molecule has 5 heteroatoms. The van der Waals surface area contributed by atoms with E-state index in [0.29, 0.717) is 12.5 Å². The van der Waals surface area contributed by atoms with Crippen LogP contribution in [0.15, 0.2) is 45.5 Å². The molecule has 0 saturated heterocycles. The average Bonchev–Trinajstić information content (AvgIpc) is 2.37. The Hall–Kier alpha value is -1.07. The van der Waals surface area contributed by atoms with Gasteiger partial charge in [-0.05, 0) is 34.1 Å². The standard InChI is InChI=1S/C13H12Br2N2O/c1-16-11-5-2-4-10(14)9(11)8-18-13-7-3-6-12(15)17-13/h2-7,16H,8H2,1H3. The summed E-state index contributed by atoms with van der Waals surface area (Å²) in [6.07, 6.45) is 0. The molecule has 2 aromatic rings. The lowest BCUT2D eigenvalue weighted by atomic mass is 10.2. The Labute approximate surface area is 123 Å². The molecule has 0 aliphatic carbocycles. The molecule has 0 unspecified atom stereocenters. The molecule has 0 aliphatic heterocycles. The molecule has 0 atom stereocenters. The van der Waals surface area contributed by atoms with Gasteiger partial charge in [-0.1, -0.05) is 28.1 Å². The van der Waals surface area contributed by atoms with E-state index >= 15 is 0 Å². The van der Waals surface area contributed by atoms with Crippen LogP contribution in [0.4, 0.5) is 5.69 Å². The van der Waals surface area contributed by atoms with Gasteiger partial charge < -0.3 is 10.1 Å². The molecule has 1 N–H and O–H groups in total. The van der Waals surface area contributed by atoms with Crippen molar-refractivity contribution in [3.8, 4) is 5.88 Å². The number of hydrogen-bond donors (Lipinski definition) is 1. The van der Waals surface area contributed by atoms with E-state index in [1.54, 1.807) is 0 Å². The summed E-state index contributed by atoms with van der Waals surface area (Å²) in [5.41, 5.74) is 2.11. The van der Waals surface area contributed by atoms with Gasteiger partial charge in [-0.3, -0.25) is 0 Å². The van der Waals surface area contributed by atoms with Crippen molar-refractivity contribution >= 4 is 37.5 Å². The van der Waals surface area contributed by atoms with Gasteiger partial charge in [-0.25, -0.2) is 4.98 Å². The van der Waals surface area contributed by atoms with E-state index in [1.807, 2.05) is 43.4 Å². The van der Waals surface area contributed by atoms with Crippen molar-refractivity contribution in [3.63, 3.8) is 0 Å². The Balaban J connectivity index is 2.15. The fourth-order valence-electron chi connectivity index (χ4n) is 1.56. The number of halogens is 2. The van der Waals surface area contributed by atoms with Gasteiger partial charge in [-0.2, -0.15) is 0 Å². The molecule has 0 spiro atoms. The van der Waals surface area contributed by atoms with Crippen molar-refractivity contribution in [3.05, 3.63) is 51.0 Å². The fraction of sp³-hybridized carbons (Fsp3) is 0.154. The molecule has 0 saturated carbocycles. The molecule has 3 nitrogen and oxygen atoms in total. The summed E-state index contributed by atoms with van der Waals surface area (Å²) in [4.78, 5) is 4.23. The summed E-state index contributed by atoms with van der Waals surface area (Å²) in [5, 5.41) is 3.14. The molecule has 0 amide bonds. The summed E-state index contributed by atoms with van der Waals surface area (Å²) in [6, 6.07) is 11.6. The van der Waals surface area contributed by atoms with E-state index in [4.69, 9.17) is 4.74 Å². The monoisotopic (exact) mass is 370 g/mol. The number of nitrogens with zero attached hydrogens (tertiary/aromatic N) is 1. The zero-order valence-electron chi connectivity index (χ0n) is 9.78. The molecule has 1 heterocycles. The third-order valence-electron chi connectivity index (χ3n) is 2.44. The molecule has 2 rings (SSSR count). The van der Waals surface area contributed by atoms with Gasteiger partial charge in [0.05, 0.1) is 0 Å². The molecule has 0 aliphatic rings. The summed E-state index contributed by atoms with van der Waals surface area (Å²) in [6.45, 7) is 0.459. The van der Waals surface area contributed by atoms with Crippen molar-refractivity contribution in [2.75, 3.05) is 12.4 Å². The molecule has 0 bridgehead atoms. The molecule has 1 aromatic heterocycles. The Kier molecular flexibility index (Phi) is 4.60. The minimum absolute atomic E-state index is 0.459. The van der Waals surface area contributed by atoms with Crippen LogP contribution in [0.25, 0.3) is 0 Å². The van der Waals surface area contributed by atoms with Gasteiger partial charge in [0.1, 0.15) is 11.2 Å². The van der Waals surface area contributed by atoms with Crippen molar-refractivity contribution in [1.29, 1.82) is 0 Å². The third kappa shape index (κ3) is 3.23. The van der Waals surface area contributed by atoms with Crippen LogP contribution < -0.4 is 10.1 Å². The van der Waals surface area contributed by atoms with Crippen LogP contribution in [0, 0.1) is 0 Å². The van der Waals surface area contributed by atoms with Gasteiger partial charge in [0.2, 0.25) is 5.88 Å². The lowest BCUT2D eigenvalue weighted by Crippen LogP contribution is -2.02. The molecular formula is C13H12Br2N2O. The highest BCUT2D eigenvalue weighted by Gasteiger charge is 2.07. The first-order valence-electron chi connectivity index (χ1n) is 5.41. The highest BCUT2D eigenvalue weighted by atomic mass is 79.9. The van der Waals surface area contributed by atoms with Crippen molar-refractivity contribution in [2.24, 2.45) is 0 Å². The van der Waals surface area contributed by atoms with E-state index in [9.17, 15) is 0 Å². The SMILES string of the molecule is CNc1cccc(Br)c1COc1cccc(Br)n1. The maximum absolute atomic E-state index is 5.69. The number of ether oxygens (including phenoxy) is 1. The Morgan fingerprint density at radius 3 is 2.67 bits per heavy atom. The minimum Gasteiger partial charge on any atom is -0.473 e. The lowest BCUT2D eigenvalue weighted by Gasteiger charge is -2.12.